The van der Waals surface area contributed by atoms with Crippen LogP contribution in [-0.2, 0) is 0 Å². The molecule has 1 nitrogen and oxygen atoms in total. The Balaban J connectivity index is 3.29. The first-order valence-electron chi connectivity index (χ1n) is 3.40. The SMILES string of the molecule is CCB(O)C(C)CC. The maximum Gasteiger partial charge on any atom is 0.291 e. The van der Waals surface area contributed by atoms with Crippen molar-refractivity contribution in [2.75, 3.05) is 0 Å². The van der Waals surface area contributed by atoms with Crippen LogP contribution in [0.15, 0.2) is 0 Å². The predicted octanol–water partition coefficient (Wildman–Crippen LogP) is 1.79. The number of rotatable bonds is 3. The molecule has 0 spiro atoms. The van der Waals surface area contributed by atoms with Crippen molar-refractivity contribution in [2.45, 2.75) is 39.3 Å². The van der Waals surface area contributed by atoms with Crippen LogP contribution in [0.3, 0.4) is 0 Å². The van der Waals surface area contributed by atoms with E-state index in [9.17, 15) is 0 Å². The molecule has 1 N–H and O–H groups in total. The molecule has 48 valence electrons. The summed E-state index contributed by atoms with van der Waals surface area (Å²) in [6.07, 6.45) is 1.96. The molecule has 0 aromatic carbocycles. The topological polar surface area (TPSA) is 20.2 Å². The van der Waals surface area contributed by atoms with Crippen LogP contribution in [-0.4, -0.2) is 11.9 Å². The van der Waals surface area contributed by atoms with E-state index in [-0.39, 0.29) is 6.92 Å². The zero-order valence-corrected chi connectivity index (χ0v) is 6.02. The molecule has 0 saturated carbocycles. The third-order valence-electron chi connectivity index (χ3n) is 1.72. The van der Waals surface area contributed by atoms with Gasteiger partial charge in [-0.3, -0.25) is 0 Å². The van der Waals surface area contributed by atoms with Gasteiger partial charge in [0.05, 0.1) is 0 Å². The van der Waals surface area contributed by atoms with E-state index >= 15 is 0 Å². The van der Waals surface area contributed by atoms with Gasteiger partial charge in [-0.2, -0.15) is 0 Å². The van der Waals surface area contributed by atoms with Crippen LogP contribution in [0.25, 0.3) is 0 Å². The first kappa shape index (κ1) is 8.02. The van der Waals surface area contributed by atoms with Crippen molar-refractivity contribution >= 4 is 6.92 Å². The molecule has 0 aliphatic heterocycles. The molecule has 0 saturated heterocycles. The molecule has 0 bridgehead atoms. The van der Waals surface area contributed by atoms with Crippen molar-refractivity contribution in [3.8, 4) is 0 Å². The molecule has 2 heteroatoms. The quantitative estimate of drug-likeness (QED) is 0.554. The Morgan fingerprint density at radius 1 is 1.50 bits per heavy atom. The smallest absolute Gasteiger partial charge is 0.291 e. The average molecular weight is 114 g/mol. The van der Waals surface area contributed by atoms with Crippen LogP contribution in [0.5, 0.6) is 0 Å². The molecule has 0 heterocycles. The molecule has 0 amide bonds. The second-order valence-electron chi connectivity index (χ2n) is 2.36. The first-order chi connectivity index (χ1) is 3.72. The lowest BCUT2D eigenvalue weighted by atomic mass is 9.54. The van der Waals surface area contributed by atoms with Gasteiger partial charge < -0.3 is 5.02 Å². The summed E-state index contributed by atoms with van der Waals surface area (Å²) in [6.45, 7) is 6.11. The summed E-state index contributed by atoms with van der Waals surface area (Å²) in [4.78, 5) is 0. The molecule has 0 aromatic rings. The van der Waals surface area contributed by atoms with E-state index in [1.807, 2.05) is 6.92 Å². The van der Waals surface area contributed by atoms with Crippen molar-refractivity contribution in [3.63, 3.8) is 0 Å². The lowest BCUT2D eigenvalue weighted by Crippen LogP contribution is -2.15. The van der Waals surface area contributed by atoms with Crippen LogP contribution in [0.2, 0.25) is 12.1 Å². The minimum Gasteiger partial charge on any atom is -0.450 e. The second-order valence-corrected chi connectivity index (χ2v) is 2.36. The fraction of sp³-hybridized carbons (Fsp3) is 1.00. The summed E-state index contributed by atoms with van der Waals surface area (Å²) < 4.78 is 0. The van der Waals surface area contributed by atoms with E-state index in [0.717, 1.165) is 12.7 Å². The summed E-state index contributed by atoms with van der Waals surface area (Å²) in [7, 11) is 0. The zero-order chi connectivity index (χ0) is 6.57. The van der Waals surface area contributed by atoms with Gasteiger partial charge in [-0.25, -0.2) is 0 Å². The Morgan fingerprint density at radius 3 is 2.12 bits per heavy atom. The van der Waals surface area contributed by atoms with E-state index in [0.29, 0.717) is 5.82 Å². The maximum atomic E-state index is 9.13. The highest BCUT2D eigenvalue weighted by molar-refractivity contribution is 6.51. The summed E-state index contributed by atoms with van der Waals surface area (Å²) in [6, 6.07) is 0. The fourth-order valence-electron chi connectivity index (χ4n) is 0.674. The van der Waals surface area contributed by atoms with Crippen molar-refractivity contribution < 1.29 is 5.02 Å². The van der Waals surface area contributed by atoms with Gasteiger partial charge in [0.25, 0.3) is 6.92 Å². The van der Waals surface area contributed by atoms with Crippen LogP contribution in [0.1, 0.15) is 27.2 Å². The highest BCUT2D eigenvalue weighted by atomic mass is 16.2. The van der Waals surface area contributed by atoms with Gasteiger partial charge in [0.15, 0.2) is 0 Å². The largest absolute Gasteiger partial charge is 0.450 e. The van der Waals surface area contributed by atoms with Gasteiger partial charge in [0, 0.05) is 0 Å². The van der Waals surface area contributed by atoms with Crippen LogP contribution < -0.4 is 0 Å². The van der Waals surface area contributed by atoms with Crippen LogP contribution >= 0.6 is 0 Å². The lowest BCUT2D eigenvalue weighted by Gasteiger charge is -2.08. The molecule has 1 unspecified atom stereocenters. The van der Waals surface area contributed by atoms with E-state index in [1.165, 1.54) is 0 Å². The number of hydrogen-bond acceptors (Lipinski definition) is 1. The standard InChI is InChI=1S/C6H15BO/c1-4-6(3)7(8)5-2/h6,8H,4-5H2,1-3H3. The Kier molecular flexibility index (Phi) is 3.97. The average Bonchev–Trinajstić information content (AvgIpc) is 1.84. The Morgan fingerprint density at radius 2 is 2.00 bits per heavy atom. The Labute approximate surface area is 52.2 Å². The molecular weight excluding hydrogens is 98.9 g/mol. The monoisotopic (exact) mass is 114 g/mol. The van der Waals surface area contributed by atoms with Gasteiger partial charge in [-0.15, -0.1) is 0 Å². The summed E-state index contributed by atoms with van der Waals surface area (Å²) in [5.41, 5.74) is 0. The summed E-state index contributed by atoms with van der Waals surface area (Å²) in [5.74, 6) is 0.472. The molecule has 1 atom stereocenters. The van der Waals surface area contributed by atoms with Crippen molar-refractivity contribution in [3.05, 3.63) is 0 Å². The highest BCUT2D eigenvalue weighted by Crippen LogP contribution is 2.13. The molecule has 0 radical (unpaired) electrons. The first-order valence-corrected chi connectivity index (χ1v) is 3.40. The predicted molar refractivity (Wildman–Crippen MR) is 38.2 cm³/mol. The molecule has 0 aliphatic carbocycles. The minimum atomic E-state index is -0.0833. The van der Waals surface area contributed by atoms with E-state index < -0.39 is 0 Å². The van der Waals surface area contributed by atoms with Crippen molar-refractivity contribution in [2.24, 2.45) is 0 Å². The second kappa shape index (κ2) is 3.96. The molecule has 0 fully saturated rings. The zero-order valence-electron chi connectivity index (χ0n) is 6.02. The third-order valence-corrected chi connectivity index (χ3v) is 1.72. The maximum absolute atomic E-state index is 9.13. The van der Waals surface area contributed by atoms with Gasteiger partial charge in [0.2, 0.25) is 0 Å². The molecule has 0 rings (SSSR count). The van der Waals surface area contributed by atoms with Crippen LogP contribution in [0.4, 0.5) is 0 Å². The Hall–Kier alpha value is 0.0249. The van der Waals surface area contributed by atoms with Gasteiger partial charge >= 0.3 is 0 Å². The van der Waals surface area contributed by atoms with Crippen molar-refractivity contribution in [1.82, 2.24) is 0 Å². The van der Waals surface area contributed by atoms with E-state index in [2.05, 4.69) is 13.8 Å². The van der Waals surface area contributed by atoms with Gasteiger partial charge in [-0.05, 0) is 5.82 Å². The molecule has 0 aliphatic rings. The lowest BCUT2D eigenvalue weighted by molar-refractivity contribution is 0.543. The van der Waals surface area contributed by atoms with E-state index in [1.54, 1.807) is 0 Å². The van der Waals surface area contributed by atoms with Gasteiger partial charge in [-0.1, -0.05) is 33.5 Å². The van der Waals surface area contributed by atoms with Crippen LogP contribution in [0, 0.1) is 0 Å². The summed E-state index contributed by atoms with van der Waals surface area (Å²) in [5, 5.41) is 9.13. The Bertz CT molecular complexity index is 48.5. The van der Waals surface area contributed by atoms with E-state index in [4.69, 9.17) is 5.02 Å². The minimum absolute atomic E-state index is 0.0833. The third kappa shape index (κ3) is 2.36. The normalized spacial score (nSPS) is 13.5. The summed E-state index contributed by atoms with van der Waals surface area (Å²) >= 11 is 0. The fourth-order valence-corrected chi connectivity index (χ4v) is 0.674. The number of hydrogen-bond donors (Lipinski definition) is 1. The molecule has 0 aromatic heterocycles. The van der Waals surface area contributed by atoms with Crippen molar-refractivity contribution in [1.29, 1.82) is 0 Å². The molecular formula is C6H15BO. The molecule has 8 heavy (non-hydrogen) atoms. The highest BCUT2D eigenvalue weighted by Gasteiger charge is 2.14. The van der Waals surface area contributed by atoms with Gasteiger partial charge in [0.1, 0.15) is 0 Å².